The van der Waals surface area contributed by atoms with E-state index < -0.39 is 5.41 Å². The molecule has 4 heteroatoms. The summed E-state index contributed by atoms with van der Waals surface area (Å²) in [6.45, 7) is 4.13. The highest BCUT2D eigenvalue weighted by atomic mass is 16.2. The SMILES string of the molecule is CC1(C(=O)N2CCCCCC2)CNC(=O)C1. The fourth-order valence-electron chi connectivity index (χ4n) is 2.58. The highest BCUT2D eigenvalue weighted by Gasteiger charge is 2.42. The van der Waals surface area contributed by atoms with Crippen molar-refractivity contribution in [3.8, 4) is 0 Å². The van der Waals surface area contributed by atoms with Crippen LogP contribution in [0.2, 0.25) is 0 Å². The molecular weight excluding hydrogens is 204 g/mol. The summed E-state index contributed by atoms with van der Waals surface area (Å²) in [7, 11) is 0. The second-order valence-electron chi connectivity index (χ2n) is 5.22. The zero-order valence-electron chi connectivity index (χ0n) is 9.92. The molecule has 0 aromatic carbocycles. The van der Waals surface area contributed by atoms with Crippen LogP contribution in [-0.4, -0.2) is 36.3 Å². The van der Waals surface area contributed by atoms with Gasteiger partial charge in [0.2, 0.25) is 11.8 Å². The van der Waals surface area contributed by atoms with E-state index in [9.17, 15) is 9.59 Å². The average Bonchev–Trinajstić information content (AvgIpc) is 2.51. The zero-order valence-corrected chi connectivity index (χ0v) is 9.92. The van der Waals surface area contributed by atoms with Gasteiger partial charge in [-0.05, 0) is 19.8 Å². The van der Waals surface area contributed by atoms with Crippen molar-refractivity contribution in [2.75, 3.05) is 19.6 Å². The summed E-state index contributed by atoms with van der Waals surface area (Å²) in [5.41, 5.74) is -0.499. The second-order valence-corrected chi connectivity index (χ2v) is 5.22. The van der Waals surface area contributed by atoms with Crippen LogP contribution >= 0.6 is 0 Å². The Bertz CT molecular complexity index is 295. The molecule has 0 spiro atoms. The molecule has 16 heavy (non-hydrogen) atoms. The third kappa shape index (κ3) is 2.20. The normalized spacial score (nSPS) is 31.1. The van der Waals surface area contributed by atoms with Gasteiger partial charge in [-0.2, -0.15) is 0 Å². The van der Waals surface area contributed by atoms with E-state index in [1.807, 2.05) is 11.8 Å². The molecule has 1 unspecified atom stereocenters. The monoisotopic (exact) mass is 224 g/mol. The number of amides is 2. The van der Waals surface area contributed by atoms with Gasteiger partial charge >= 0.3 is 0 Å². The fourth-order valence-corrected chi connectivity index (χ4v) is 2.58. The second kappa shape index (κ2) is 4.44. The van der Waals surface area contributed by atoms with E-state index in [0.717, 1.165) is 25.9 Å². The summed E-state index contributed by atoms with van der Waals surface area (Å²) in [4.78, 5) is 25.5. The minimum atomic E-state index is -0.499. The zero-order chi connectivity index (χ0) is 11.6. The Morgan fingerprint density at radius 1 is 1.25 bits per heavy atom. The lowest BCUT2D eigenvalue weighted by Crippen LogP contribution is -2.44. The third-order valence-electron chi connectivity index (χ3n) is 3.64. The van der Waals surface area contributed by atoms with Gasteiger partial charge in [0.05, 0.1) is 5.41 Å². The highest BCUT2D eigenvalue weighted by molar-refractivity contribution is 5.92. The number of hydrogen-bond donors (Lipinski definition) is 1. The molecule has 0 saturated carbocycles. The van der Waals surface area contributed by atoms with Crippen molar-refractivity contribution in [2.24, 2.45) is 5.41 Å². The molecule has 4 nitrogen and oxygen atoms in total. The van der Waals surface area contributed by atoms with E-state index in [1.54, 1.807) is 0 Å². The minimum Gasteiger partial charge on any atom is -0.355 e. The summed E-state index contributed by atoms with van der Waals surface area (Å²) in [6, 6.07) is 0. The molecule has 2 aliphatic heterocycles. The van der Waals surface area contributed by atoms with E-state index in [4.69, 9.17) is 0 Å². The van der Waals surface area contributed by atoms with Crippen LogP contribution in [0.1, 0.15) is 39.0 Å². The maximum absolute atomic E-state index is 12.4. The van der Waals surface area contributed by atoms with Gasteiger partial charge in [0.1, 0.15) is 0 Å². The topological polar surface area (TPSA) is 49.4 Å². The van der Waals surface area contributed by atoms with Gasteiger partial charge in [0.25, 0.3) is 0 Å². The molecule has 2 amide bonds. The van der Waals surface area contributed by atoms with Crippen LogP contribution in [0.3, 0.4) is 0 Å². The van der Waals surface area contributed by atoms with Gasteiger partial charge < -0.3 is 10.2 Å². The molecule has 0 aliphatic carbocycles. The van der Waals surface area contributed by atoms with Gasteiger partial charge in [-0.1, -0.05) is 12.8 Å². The Hall–Kier alpha value is -1.06. The highest BCUT2D eigenvalue weighted by Crippen LogP contribution is 2.29. The lowest BCUT2D eigenvalue weighted by atomic mass is 9.88. The van der Waals surface area contributed by atoms with Gasteiger partial charge in [-0.25, -0.2) is 0 Å². The molecule has 2 saturated heterocycles. The number of hydrogen-bond acceptors (Lipinski definition) is 2. The number of rotatable bonds is 1. The van der Waals surface area contributed by atoms with Crippen molar-refractivity contribution < 1.29 is 9.59 Å². The van der Waals surface area contributed by atoms with Crippen molar-refractivity contribution in [3.63, 3.8) is 0 Å². The Morgan fingerprint density at radius 3 is 2.38 bits per heavy atom. The number of nitrogens with one attached hydrogen (secondary N) is 1. The Labute approximate surface area is 96.4 Å². The summed E-state index contributed by atoms with van der Waals surface area (Å²) in [6.07, 6.45) is 4.99. The van der Waals surface area contributed by atoms with Gasteiger partial charge in [0.15, 0.2) is 0 Å². The molecule has 2 rings (SSSR count). The number of carbonyl (C=O) groups excluding carboxylic acids is 2. The predicted molar refractivity (Wildman–Crippen MR) is 60.8 cm³/mol. The summed E-state index contributed by atoms with van der Waals surface area (Å²) >= 11 is 0. The van der Waals surface area contributed by atoms with Crippen molar-refractivity contribution in [1.82, 2.24) is 10.2 Å². The van der Waals surface area contributed by atoms with Crippen molar-refractivity contribution in [2.45, 2.75) is 39.0 Å². The maximum atomic E-state index is 12.4. The number of carbonyl (C=O) groups is 2. The summed E-state index contributed by atoms with van der Waals surface area (Å²) in [5, 5.41) is 2.76. The molecule has 1 atom stereocenters. The molecule has 0 aromatic heterocycles. The van der Waals surface area contributed by atoms with Crippen LogP contribution < -0.4 is 5.32 Å². The molecule has 2 fully saturated rings. The quantitative estimate of drug-likeness (QED) is 0.720. The Balaban J connectivity index is 2.02. The van der Waals surface area contributed by atoms with Crippen LogP contribution in [0.25, 0.3) is 0 Å². The van der Waals surface area contributed by atoms with Crippen LogP contribution in [0, 0.1) is 5.41 Å². The first kappa shape index (κ1) is 11.4. The van der Waals surface area contributed by atoms with Gasteiger partial charge in [0, 0.05) is 26.1 Å². The third-order valence-corrected chi connectivity index (χ3v) is 3.64. The molecule has 2 aliphatic rings. The first-order chi connectivity index (χ1) is 7.62. The van der Waals surface area contributed by atoms with Crippen molar-refractivity contribution in [1.29, 1.82) is 0 Å². The lowest BCUT2D eigenvalue weighted by molar-refractivity contribution is -0.141. The first-order valence-electron chi connectivity index (χ1n) is 6.18. The van der Waals surface area contributed by atoms with Gasteiger partial charge in [-0.3, -0.25) is 9.59 Å². The van der Waals surface area contributed by atoms with Crippen molar-refractivity contribution in [3.05, 3.63) is 0 Å². The average molecular weight is 224 g/mol. The van der Waals surface area contributed by atoms with E-state index in [2.05, 4.69) is 5.32 Å². The van der Waals surface area contributed by atoms with Crippen LogP contribution in [0.15, 0.2) is 0 Å². The molecular formula is C12H20N2O2. The van der Waals surface area contributed by atoms with Gasteiger partial charge in [-0.15, -0.1) is 0 Å². The molecule has 1 N–H and O–H groups in total. The van der Waals surface area contributed by atoms with E-state index in [-0.39, 0.29) is 11.8 Å². The van der Waals surface area contributed by atoms with E-state index in [0.29, 0.717) is 13.0 Å². The molecule has 2 heterocycles. The number of likely N-dealkylation sites (tertiary alicyclic amines) is 1. The van der Waals surface area contributed by atoms with E-state index >= 15 is 0 Å². The summed E-state index contributed by atoms with van der Waals surface area (Å²) in [5.74, 6) is 0.165. The first-order valence-corrected chi connectivity index (χ1v) is 6.18. The van der Waals surface area contributed by atoms with Crippen LogP contribution in [-0.2, 0) is 9.59 Å². The van der Waals surface area contributed by atoms with Crippen LogP contribution in [0.5, 0.6) is 0 Å². The summed E-state index contributed by atoms with van der Waals surface area (Å²) < 4.78 is 0. The molecule has 0 aromatic rings. The molecule has 0 radical (unpaired) electrons. The lowest BCUT2D eigenvalue weighted by Gasteiger charge is -2.29. The fraction of sp³-hybridized carbons (Fsp3) is 0.833. The minimum absolute atomic E-state index is 0.00525. The molecule has 0 bridgehead atoms. The van der Waals surface area contributed by atoms with Crippen LogP contribution in [0.4, 0.5) is 0 Å². The predicted octanol–water partition coefficient (Wildman–Crippen LogP) is 0.915. The smallest absolute Gasteiger partial charge is 0.230 e. The standard InChI is InChI=1S/C12H20N2O2/c1-12(8-10(15)13-9-12)11(16)14-6-4-2-3-5-7-14/h2-9H2,1H3,(H,13,15). The molecule has 90 valence electrons. The number of nitrogens with zero attached hydrogens (tertiary/aromatic N) is 1. The Kier molecular flexibility index (Phi) is 3.17. The van der Waals surface area contributed by atoms with E-state index in [1.165, 1.54) is 12.8 Å². The van der Waals surface area contributed by atoms with Crippen molar-refractivity contribution >= 4 is 11.8 Å². The largest absolute Gasteiger partial charge is 0.355 e. The maximum Gasteiger partial charge on any atom is 0.230 e. The Morgan fingerprint density at radius 2 is 1.88 bits per heavy atom.